The maximum absolute atomic E-state index is 11.8. The van der Waals surface area contributed by atoms with Crippen molar-refractivity contribution in [1.82, 2.24) is 9.97 Å². The van der Waals surface area contributed by atoms with E-state index in [0.29, 0.717) is 22.8 Å². The molecule has 23 heavy (non-hydrogen) atoms. The summed E-state index contributed by atoms with van der Waals surface area (Å²) in [7, 11) is -3.25. The van der Waals surface area contributed by atoms with Gasteiger partial charge in [-0.05, 0) is 36.5 Å². The van der Waals surface area contributed by atoms with Gasteiger partial charge in [0.15, 0.2) is 9.84 Å². The summed E-state index contributed by atoms with van der Waals surface area (Å²) < 4.78 is 23.6. The van der Waals surface area contributed by atoms with Gasteiger partial charge in [-0.2, -0.15) is 0 Å². The minimum atomic E-state index is -3.25. The first kappa shape index (κ1) is 16.2. The number of nitrogens with one attached hydrogen (secondary N) is 1. The topological polar surface area (TPSA) is 72.0 Å². The third-order valence-electron chi connectivity index (χ3n) is 5.06. The maximum atomic E-state index is 11.8. The maximum Gasteiger partial charge on any atom is 0.175 e. The Balaban J connectivity index is 2.00. The molecule has 0 bridgehead atoms. The number of aromatic nitrogens is 2. The normalized spacial score (nSPS) is 25.4. The molecule has 0 saturated heterocycles. The molecule has 1 aromatic carbocycles. The van der Waals surface area contributed by atoms with Crippen molar-refractivity contribution in [1.29, 1.82) is 0 Å². The lowest BCUT2D eigenvalue weighted by Gasteiger charge is -2.35. The molecule has 1 N–H and O–H groups in total. The van der Waals surface area contributed by atoms with Crippen LogP contribution >= 0.6 is 0 Å². The van der Waals surface area contributed by atoms with Crippen molar-refractivity contribution in [3.05, 3.63) is 24.5 Å². The first-order valence-electron chi connectivity index (χ1n) is 8.07. The molecule has 124 valence electrons. The van der Waals surface area contributed by atoms with Gasteiger partial charge in [0.05, 0.1) is 10.4 Å². The highest BCUT2D eigenvalue weighted by Crippen LogP contribution is 2.32. The summed E-state index contributed by atoms with van der Waals surface area (Å²) in [5, 5.41) is 4.30. The summed E-state index contributed by atoms with van der Waals surface area (Å²) in [6.07, 6.45) is 6.34. The molecule has 5 nitrogen and oxygen atoms in total. The highest BCUT2D eigenvalue weighted by atomic mass is 32.2. The molecule has 3 atom stereocenters. The number of hydrogen-bond donors (Lipinski definition) is 1. The zero-order valence-electron chi connectivity index (χ0n) is 13.8. The number of anilines is 1. The van der Waals surface area contributed by atoms with Crippen LogP contribution in [0.15, 0.2) is 29.4 Å². The smallest absolute Gasteiger partial charge is 0.175 e. The molecule has 6 heteroatoms. The lowest BCUT2D eigenvalue weighted by atomic mass is 9.78. The Bertz CT molecular complexity index is 820. The molecule has 0 radical (unpaired) electrons. The van der Waals surface area contributed by atoms with Crippen LogP contribution in [0.2, 0.25) is 0 Å². The highest BCUT2D eigenvalue weighted by Gasteiger charge is 2.27. The lowest BCUT2D eigenvalue weighted by Crippen LogP contribution is -2.35. The summed E-state index contributed by atoms with van der Waals surface area (Å²) in [6, 6.07) is 5.37. The Morgan fingerprint density at radius 3 is 2.70 bits per heavy atom. The number of hydrogen-bond acceptors (Lipinski definition) is 5. The van der Waals surface area contributed by atoms with Gasteiger partial charge in [-0.15, -0.1) is 0 Å². The van der Waals surface area contributed by atoms with Crippen molar-refractivity contribution >= 4 is 26.6 Å². The molecule has 0 amide bonds. The molecule has 0 aliphatic heterocycles. The van der Waals surface area contributed by atoms with Crippen LogP contribution in [0.1, 0.15) is 33.1 Å². The quantitative estimate of drug-likeness (QED) is 0.933. The van der Waals surface area contributed by atoms with E-state index in [1.807, 2.05) is 0 Å². The van der Waals surface area contributed by atoms with Crippen LogP contribution in [0.4, 0.5) is 5.82 Å². The van der Waals surface area contributed by atoms with Crippen LogP contribution in [0, 0.1) is 11.8 Å². The van der Waals surface area contributed by atoms with Gasteiger partial charge in [-0.25, -0.2) is 18.4 Å². The van der Waals surface area contributed by atoms with Crippen molar-refractivity contribution < 1.29 is 8.42 Å². The van der Waals surface area contributed by atoms with E-state index in [2.05, 4.69) is 29.1 Å². The number of fused-ring (bicyclic) bond motifs is 1. The predicted molar refractivity (Wildman–Crippen MR) is 92.2 cm³/mol. The molecular formula is C17H23N3O2S. The van der Waals surface area contributed by atoms with Crippen LogP contribution in [-0.4, -0.2) is 30.7 Å². The third kappa shape index (κ3) is 3.32. The van der Waals surface area contributed by atoms with Gasteiger partial charge in [-0.3, -0.25) is 0 Å². The fourth-order valence-corrected chi connectivity index (χ4v) is 3.99. The van der Waals surface area contributed by atoms with Gasteiger partial charge in [0.2, 0.25) is 0 Å². The summed E-state index contributed by atoms with van der Waals surface area (Å²) >= 11 is 0. The average molecular weight is 333 g/mol. The monoisotopic (exact) mass is 333 g/mol. The standard InChI is InChI=1S/C17H23N3O2S/c1-11-5-4-6-15(12(11)2)20-17-14-9-13(23(3,21)22)7-8-16(14)18-10-19-17/h7-12,15H,4-6H2,1-3H3,(H,18,19,20). The Labute approximate surface area is 137 Å². The van der Waals surface area contributed by atoms with Crippen molar-refractivity contribution in [3.8, 4) is 0 Å². The lowest BCUT2D eigenvalue weighted by molar-refractivity contribution is 0.253. The zero-order chi connectivity index (χ0) is 16.6. The van der Waals surface area contributed by atoms with Crippen LogP contribution in [0.3, 0.4) is 0 Å². The van der Waals surface area contributed by atoms with E-state index in [1.165, 1.54) is 25.4 Å². The minimum absolute atomic E-state index is 0.299. The fourth-order valence-electron chi connectivity index (χ4n) is 3.34. The van der Waals surface area contributed by atoms with Crippen LogP contribution in [0.5, 0.6) is 0 Å². The number of nitrogens with zero attached hydrogens (tertiary/aromatic N) is 2. The molecule has 1 fully saturated rings. The average Bonchev–Trinajstić information content (AvgIpc) is 2.51. The first-order chi connectivity index (χ1) is 10.9. The van der Waals surface area contributed by atoms with E-state index in [-0.39, 0.29) is 0 Å². The summed E-state index contributed by atoms with van der Waals surface area (Å²) in [5.41, 5.74) is 0.756. The Hall–Kier alpha value is -1.69. The van der Waals surface area contributed by atoms with Gasteiger partial charge in [-0.1, -0.05) is 26.7 Å². The van der Waals surface area contributed by atoms with Crippen LogP contribution < -0.4 is 5.32 Å². The van der Waals surface area contributed by atoms with Crippen molar-refractivity contribution in [3.63, 3.8) is 0 Å². The molecule has 1 aliphatic rings. The molecule has 3 unspecified atom stereocenters. The number of rotatable bonds is 3. The summed E-state index contributed by atoms with van der Waals surface area (Å²) in [5.74, 6) is 1.97. The molecule has 3 rings (SSSR count). The Morgan fingerprint density at radius 2 is 1.96 bits per heavy atom. The second kappa shape index (κ2) is 6.07. The van der Waals surface area contributed by atoms with Gasteiger partial charge in [0.1, 0.15) is 12.1 Å². The molecule has 1 aliphatic carbocycles. The molecular weight excluding hydrogens is 310 g/mol. The fraction of sp³-hybridized carbons (Fsp3) is 0.529. The second-order valence-electron chi connectivity index (χ2n) is 6.69. The molecule has 2 aromatic rings. The number of benzene rings is 1. The van der Waals surface area contributed by atoms with Crippen LogP contribution in [-0.2, 0) is 9.84 Å². The molecule has 1 saturated carbocycles. The van der Waals surface area contributed by atoms with E-state index in [9.17, 15) is 8.42 Å². The summed E-state index contributed by atoms with van der Waals surface area (Å²) in [4.78, 5) is 8.91. The third-order valence-corrected chi connectivity index (χ3v) is 6.17. The van der Waals surface area contributed by atoms with Gasteiger partial charge < -0.3 is 5.32 Å². The summed E-state index contributed by atoms with van der Waals surface area (Å²) in [6.45, 7) is 4.56. The van der Waals surface area contributed by atoms with E-state index in [1.54, 1.807) is 18.2 Å². The Morgan fingerprint density at radius 1 is 1.17 bits per heavy atom. The zero-order valence-corrected chi connectivity index (χ0v) is 14.6. The predicted octanol–water partition coefficient (Wildman–Crippen LogP) is 3.27. The van der Waals surface area contributed by atoms with Crippen molar-refractivity contribution in [2.75, 3.05) is 11.6 Å². The largest absolute Gasteiger partial charge is 0.366 e. The van der Waals surface area contributed by atoms with E-state index in [0.717, 1.165) is 23.1 Å². The second-order valence-corrected chi connectivity index (χ2v) is 8.71. The highest BCUT2D eigenvalue weighted by molar-refractivity contribution is 7.90. The molecule has 1 heterocycles. The van der Waals surface area contributed by atoms with E-state index < -0.39 is 9.84 Å². The molecule has 0 spiro atoms. The van der Waals surface area contributed by atoms with Gasteiger partial charge in [0, 0.05) is 17.7 Å². The van der Waals surface area contributed by atoms with Crippen molar-refractivity contribution in [2.24, 2.45) is 11.8 Å². The van der Waals surface area contributed by atoms with Crippen LogP contribution in [0.25, 0.3) is 10.9 Å². The Kier molecular flexibility index (Phi) is 4.27. The van der Waals surface area contributed by atoms with Crippen molar-refractivity contribution in [2.45, 2.75) is 44.0 Å². The minimum Gasteiger partial charge on any atom is -0.366 e. The number of sulfone groups is 1. The van der Waals surface area contributed by atoms with Gasteiger partial charge >= 0.3 is 0 Å². The van der Waals surface area contributed by atoms with E-state index >= 15 is 0 Å². The SMILES string of the molecule is CC1CCCC(Nc2ncnc3ccc(S(C)(=O)=O)cc23)C1C. The van der Waals surface area contributed by atoms with Gasteiger partial charge in [0.25, 0.3) is 0 Å². The molecule has 1 aromatic heterocycles. The van der Waals surface area contributed by atoms with E-state index in [4.69, 9.17) is 0 Å². The first-order valence-corrected chi connectivity index (χ1v) is 9.97.